The molecule has 0 radical (unpaired) electrons. The summed E-state index contributed by atoms with van der Waals surface area (Å²) < 4.78 is 5.46. The van der Waals surface area contributed by atoms with E-state index in [1.54, 1.807) is 36.4 Å². The second-order valence-corrected chi connectivity index (χ2v) is 8.45. The van der Waals surface area contributed by atoms with Crippen LogP contribution >= 0.6 is 0 Å². The Labute approximate surface area is 199 Å². The maximum absolute atomic E-state index is 13.7. The van der Waals surface area contributed by atoms with Crippen molar-refractivity contribution < 1.29 is 19.1 Å². The molecule has 1 atom stereocenters. The minimum Gasteiger partial charge on any atom is -0.494 e. The number of nitrogens with zero attached hydrogens (tertiary/aromatic N) is 2. The summed E-state index contributed by atoms with van der Waals surface area (Å²) in [6, 6.07) is 21.1. The van der Waals surface area contributed by atoms with Gasteiger partial charge in [-0.3, -0.25) is 14.4 Å². The van der Waals surface area contributed by atoms with Gasteiger partial charge >= 0.3 is 0 Å². The minimum absolute atomic E-state index is 0.0600. The highest BCUT2D eigenvalue weighted by molar-refractivity contribution is 6.23. The number of carbonyl (C=O) groups excluding carboxylic acids is 3. The Morgan fingerprint density at radius 3 is 2.29 bits per heavy atom. The van der Waals surface area contributed by atoms with Crippen LogP contribution in [-0.4, -0.2) is 35.3 Å². The number of benzene rings is 3. The van der Waals surface area contributed by atoms with Crippen LogP contribution in [0.5, 0.6) is 5.75 Å². The highest BCUT2D eigenvalue weighted by Gasteiger charge is 2.44. The molecule has 6 heteroatoms. The van der Waals surface area contributed by atoms with Crippen LogP contribution in [0.1, 0.15) is 40.4 Å². The third-order valence-electron chi connectivity index (χ3n) is 6.01. The average Bonchev–Trinajstić information content (AvgIpc) is 3.13. The first-order valence-electron chi connectivity index (χ1n) is 11.4. The molecule has 0 aromatic heterocycles. The fourth-order valence-corrected chi connectivity index (χ4v) is 4.17. The monoisotopic (exact) mass is 456 g/mol. The fraction of sp³-hybridized carbons (Fsp3) is 0.250. The van der Waals surface area contributed by atoms with Gasteiger partial charge in [0.05, 0.1) is 18.7 Å². The summed E-state index contributed by atoms with van der Waals surface area (Å²) in [5.41, 5.74) is 3.82. The summed E-state index contributed by atoms with van der Waals surface area (Å²) in [5, 5.41) is 0. The van der Waals surface area contributed by atoms with Gasteiger partial charge in [-0.15, -0.1) is 0 Å². The van der Waals surface area contributed by atoms with Gasteiger partial charge in [-0.2, -0.15) is 0 Å². The number of amides is 3. The second kappa shape index (κ2) is 9.91. The first kappa shape index (κ1) is 23.2. The van der Waals surface area contributed by atoms with Gasteiger partial charge in [0.15, 0.2) is 0 Å². The zero-order valence-electron chi connectivity index (χ0n) is 19.7. The molecule has 1 heterocycles. The van der Waals surface area contributed by atoms with Crippen LogP contribution in [0.15, 0.2) is 72.8 Å². The molecular weight excluding hydrogens is 428 g/mol. The number of hydrogen-bond donors (Lipinski definition) is 0. The molecule has 1 saturated heterocycles. The lowest BCUT2D eigenvalue weighted by Gasteiger charge is -2.28. The van der Waals surface area contributed by atoms with Gasteiger partial charge in [0, 0.05) is 12.1 Å². The Bertz CT molecular complexity index is 1200. The summed E-state index contributed by atoms with van der Waals surface area (Å²) in [7, 11) is 0. The summed E-state index contributed by atoms with van der Waals surface area (Å²) >= 11 is 0. The Morgan fingerprint density at radius 2 is 1.65 bits per heavy atom. The maximum atomic E-state index is 13.7. The van der Waals surface area contributed by atoms with Crippen LogP contribution < -0.4 is 9.64 Å². The quantitative estimate of drug-likeness (QED) is 0.485. The van der Waals surface area contributed by atoms with Gasteiger partial charge in [-0.25, -0.2) is 4.90 Å². The predicted molar refractivity (Wildman–Crippen MR) is 131 cm³/mol. The molecule has 34 heavy (non-hydrogen) atoms. The van der Waals surface area contributed by atoms with E-state index in [9.17, 15) is 14.4 Å². The van der Waals surface area contributed by atoms with Crippen LogP contribution in [0.4, 0.5) is 5.69 Å². The van der Waals surface area contributed by atoms with Crippen LogP contribution in [0.3, 0.4) is 0 Å². The van der Waals surface area contributed by atoms with E-state index >= 15 is 0 Å². The number of aryl methyl sites for hydroxylation is 2. The van der Waals surface area contributed by atoms with E-state index in [1.165, 1.54) is 9.80 Å². The Hall–Kier alpha value is -3.93. The molecule has 1 aliphatic heterocycles. The van der Waals surface area contributed by atoms with Crippen molar-refractivity contribution in [1.29, 1.82) is 0 Å². The molecule has 0 N–H and O–H groups in total. The SMILES string of the molecule is CCOc1ccc(N2C(=O)CC(N(Cc3ccc(C)cc3)C(=O)c3ccccc3C)C2=O)cc1. The molecule has 3 aromatic carbocycles. The van der Waals surface area contributed by atoms with E-state index in [0.29, 0.717) is 23.6 Å². The molecule has 1 aliphatic rings. The molecule has 1 unspecified atom stereocenters. The topological polar surface area (TPSA) is 66.9 Å². The van der Waals surface area contributed by atoms with Crippen molar-refractivity contribution >= 4 is 23.4 Å². The first-order chi connectivity index (χ1) is 16.4. The van der Waals surface area contributed by atoms with E-state index in [1.807, 2.05) is 57.2 Å². The van der Waals surface area contributed by atoms with E-state index < -0.39 is 11.9 Å². The van der Waals surface area contributed by atoms with E-state index in [2.05, 4.69) is 0 Å². The third-order valence-corrected chi connectivity index (χ3v) is 6.01. The Balaban J connectivity index is 1.67. The van der Waals surface area contributed by atoms with Crippen LogP contribution in [0, 0.1) is 13.8 Å². The number of anilines is 1. The molecule has 3 amide bonds. The number of rotatable bonds is 7. The van der Waals surface area contributed by atoms with Crippen molar-refractivity contribution in [3.63, 3.8) is 0 Å². The number of hydrogen-bond acceptors (Lipinski definition) is 4. The lowest BCUT2D eigenvalue weighted by atomic mass is 10.0. The van der Waals surface area contributed by atoms with Crippen LogP contribution in [0.2, 0.25) is 0 Å². The molecule has 174 valence electrons. The van der Waals surface area contributed by atoms with Gasteiger partial charge in [0.1, 0.15) is 11.8 Å². The smallest absolute Gasteiger partial charge is 0.257 e. The lowest BCUT2D eigenvalue weighted by Crippen LogP contribution is -2.45. The average molecular weight is 457 g/mol. The highest BCUT2D eigenvalue weighted by Crippen LogP contribution is 2.29. The minimum atomic E-state index is -0.882. The first-order valence-corrected chi connectivity index (χ1v) is 11.4. The van der Waals surface area contributed by atoms with E-state index in [-0.39, 0.29) is 24.8 Å². The van der Waals surface area contributed by atoms with Crippen molar-refractivity contribution in [2.24, 2.45) is 0 Å². The van der Waals surface area contributed by atoms with Gasteiger partial charge in [-0.1, -0.05) is 48.0 Å². The van der Waals surface area contributed by atoms with Crippen LogP contribution in [0.25, 0.3) is 0 Å². The molecule has 1 fully saturated rings. The van der Waals surface area contributed by atoms with Gasteiger partial charge < -0.3 is 9.64 Å². The van der Waals surface area contributed by atoms with Crippen molar-refractivity contribution in [1.82, 2.24) is 4.90 Å². The number of carbonyl (C=O) groups is 3. The fourth-order valence-electron chi connectivity index (χ4n) is 4.17. The lowest BCUT2D eigenvalue weighted by molar-refractivity contribution is -0.122. The second-order valence-electron chi connectivity index (χ2n) is 8.45. The van der Waals surface area contributed by atoms with Crippen molar-refractivity contribution in [2.75, 3.05) is 11.5 Å². The van der Waals surface area contributed by atoms with Crippen molar-refractivity contribution in [3.8, 4) is 5.75 Å². The normalized spacial score (nSPS) is 15.5. The number of ether oxygens (including phenoxy) is 1. The predicted octanol–water partition coefficient (Wildman–Crippen LogP) is 4.68. The molecule has 0 saturated carbocycles. The van der Waals surface area contributed by atoms with Crippen molar-refractivity contribution in [3.05, 3.63) is 95.1 Å². The molecule has 0 spiro atoms. The molecule has 3 aromatic rings. The van der Waals surface area contributed by atoms with Gasteiger partial charge in [0.2, 0.25) is 5.91 Å². The maximum Gasteiger partial charge on any atom is 0.257 e. The van der Waals surface area contributed by atoms with Gasteiger partial charge in [-0.05, 0) is 62.2 Å². The van der Waals surface area contributed by atoms with Crippen molar-refractivity contribution in [2.45, 2.75) is 39.8 Å². The van der Waals surface area contributed by atoms with Crippen LogP contribution in [-0.2, 0) is 16.1 Å². The summed E-state index contributed by atoms with van der Waals surface area (Å²) in [6.45, 7) is 6.51. The third kappa shape index (κ3) is 4.71. The molecule has 4 rings (SSSR count). The molecule has 0 bridgehead atoms. The molecular formula is C28H28N2O4. The number of imide groups is 1. The van der Waals surface area contributed by atoms with E-state index in [4.69, 9.17) is 4.74 Å². The Morgan fingerprint density at radius 1 is 0.971 bits per heavy atom. The summed E-state index contributed by atoms with van der Waals surface area (Å²) in [5.74, 6) is -0.329. The highest BCUT2D eigenvalue weighted by atomic mass is 16.5. The molecule has 6 nitrogen and oxygen atoms in total. The zero-order chi connectivity index (χ0) is 24.2. The zero-order valence-corrected chi connectivity index (χ0v) is 19.7. The van der Waals surface area contributed by atoms with Gasteiger partial charge in [0.25, 0.3) is 11.8 Å². The summed E-state index contributed by atoms with van der Waals surface area (Å²) in [6.07, 6.45) is -0.0600. The summed E-state index contributed by atoms with van der Waals surface area (Å²) in [4.78, 5) is 42.9. The largest absolute Gasteiger partial charge is 0.494 e. The standard InChI is InChI=1S/C28H28N2O4/c1-4-34-23-15-13-22(14-16-23)30-26(31)17-25(28(30)33)29(18-21-11-9-19(2)10-12-21)27(32)24-8-6-5-7-20(24)3/h5-16,25H,4,17-18H2,1-3H3. The van der Waals surface area contributed by atoms with E-state index in [0.717, 1.165) is 16.7 Å². The molecule has 0 aliphatic carbocycles. The Kier molecular flexibility index (Phi) is 6.77.